The number of halogens is 1. The first-order valence-corrected chi connectivity index (χ1v) is 13.4. The van der Waals surface area contributed by atoms with Crippen molar-refractivity contribution in [1.82, 2.24) is 9.88 Å². The molecule has 0 atom stereocenters. The number of anilines is 3. The van der Waals surface area contributed by atoms with Gasteiger partial charge >= 0.3 is 6.09 Å². The molecule has 1 aromatic heterocycles. The molecule has 3 aromatic rings. The van der Waals surface area contributed by atoms with Crippen LogP contribution >= 0.6 is 0 Å². The van der Waals surface area contributed by atoms with E-state index in [2.05, 4.69) is 38.2 Å². The standard InChI is InChI=1S/C31H36FN7O2/c1-19(35-5)26-27(20-7-10-22(11-8-20)39-15-13-38(6)14-16-39)24(18-33)28(23-12-9-21(34)17-25(23)32)36-29(26)37-30(40)41-31(2,3)4/h7-12,17H,13-16,34H2,1-6H3,(H,36,37,40). The van der Waals surface area contributed by atoms with Gasteiger partial charge in [0, 0.05) is 67.0 Å². The van der Waals surface area contributed by atoms with E-state index in [1.54, 1.807) is 40.8 Å². The van der Waals surface area contributed by atoms with Gasteiger partial charge in [-0.3, -0.25) is 10.3 Å². The molecular formula is C31H36FN7O2. The van der Waals surface area contributed by atoms with Crippen LogP contribution in [0.15, 0.2) is 47.5 Å². The van der Waals surface area contributed by atoms with Gasteiger partial charge in [-0.15, -0.1) is 0 Å². The number of aliphatic imine (C=N–C) groups is 1. The molecule has 9 nitrogen and oxygen atoms in total. The van der Waals surface area contributed by atoms with Crippen molar-refractivity contribution in [3.05, 3.63) is 59.4 Å². The highest BCUT2D eigenvalue weighted by Crippen LogP contribution is 2.39. The van der Waals surface area contributed by atoms with Gasteiger partial charge in [0.15, 0.2) is 0 Å². The third-order valence-corrected chi connectivity index (χ3v) is 6.90. The monoisotopic (exact) mass is 557 g/mol. The number of aromatic nitrogens is 1. The molecule has 1 fully saturated rings. The molecule has 3 N–H and O–H groups in total. The average Bonchev–Trinajstić information content (AvgIpc) is 2.91. The maximum atomic E-state index is 15.2. The highest BCUT2D eigenvalue weighted by atomic mass is 19.1. The van der Waals surface area contributed by atoms with E-state index in [-0.39, 0.29) is 28.3 Å². The first-order chi connectivity index (χ1) is 19.4. The summed E-state index contributed by atoms with van der Waals surface area (Å²) in [4.78, 5) is 26.5. The molecule has 0 radical (unpaired) electrons. The van der Waals surface area contributed by atoms with Gasteiger partial charge in [0.05, 0.1) is 11.3 Å². The highest BCUT2D eigenvalue weighted by Gasteiger charge is 2.27. The molecule has 2 aromatic carbocycles. The second-order valence-corrected chi connectivity index (χ2v) is 11.1. The number of nitrogen functional groups attached to an aromatic ring is 1. The van der Waals surface area contributed by atoms with E-state index in [9.17, 15) is 10.1 Å². The fraction of sp³-hybridized carbons (Fsp3) is 0.355. The molecule has 1 saturated heterocycles. The lowest BCUT2D eigenvalue weighted by molar-refractivity contribution is 0.0635. The lowest BCUT2D eigenvalue weighted by atomic mass is 9.90. The number of nitrogens with two attached hydrogens (primary N) is 1. The van der Waals surface area contributed by atoms with Crippen LogP contribution in [0.25, 0.3) is 22.4 Å². The van der Waals surface area contributed by atoms with Crippen LogP contribution in [-0.2, 0) is 4.74 Å². The summed E-state index contributed by atoms with van der Waals surface area (Å²) in [6, 6.07) is 14.3. The number of likely N-dealkylation sites (N-methyl/N-ethyl adjacent to an activating group) is 1. The zero-order valence-electron chi connectivity index (χ0n) is 24.4. The van der Waals surface area contributed by atoms with E-state index in [0.29, 0.717) is 22.4 Å². The number of benzene rings is 2. The van der Waals surface area contributed by atoms with Crippen LogP contribution in [0.4, 0.5) is 26.4 Å². The van der Waals surface area contributed by atoms with Gasteiger partial charge in [-0.25, -0.2) is 14.2 Å². The molecule has 214 valence electrons. The summed E-state index contributed by atoms with van der Waals surface area (Å²) < 4.78 is 20.7. The minimum atomic E-state index is -0.765. The number of hydrogen-bond acceptors (Lipinski definition) is 8. The summed E-state index contributed by atoms with van der Waals surface area (Å²) in [7, 11) is 3.73. The van der Waals surface area contributed by atoms with Gasteiger partial charge in [-0.05, 0) is 70.6 Å². The van der Waals surface area contributed by atoms with Gasteiger partial charge in [-0.2, -0.15) is 5.26 Å². The molecule has 10 heteroatoms. The molecule has 1 amide bonds. The zero-order chi connectivity index (χ0) is 29.9. The number of rotatable bonds is 5. The normalized spacial score (nSPS) is 14.5. The van der Waals surface area contributed by atoms with Crippen LogP contribution < -0.4 is 16.0 Å². The maximum absolute atomic E-state index is 15.2. The minimum absolute atomic E-state index is 0.0712. The summed E-state index contributed by atoms with van der Waals surface area (Å²) >= 11 is 0. The van der Waals surface area contributed by atoms with Crippen molar-refractivity contribution < 1.29 is 13.9 Å². The summed E-state index contributed by atoms with van der Waals surface area (Å²) in [5.74, 6) is -0.534. The Hall–Kier alpha value is -4.49. The third kappa shape index (κ3) is 6.64. The van der Waals surface area contributed by atoms with Gasteiger partial charge in [0.2, 0.25) is 0 Å². The van der Waals surface area contributed by atoms with Gasteiger partial charge < -0.3 is 20.3 Å². The minimum Gasteiger partial charge on any atom is -0.444 e. The zero-order valence-corrected chi connectivity index (χ0v) is 24.4. The number of nitrogens with one attached hydrogen (secondary N) is 1. The van der Waals surface area contributed by atoms with Crippen LogP contribution in [0.2, 0.25) is 0 Å². The molecule has 1 aliphatic heterocycles. The Morgan fingerprint density at radius 2 is 1.80 bits per heavy atom. The molecule has 0 aliphatic carbocycles. The smallest absolute Gasteiger partial charge is 0.413 e. The van der Waals surface area contributed by atoms with E-state index in [0.717, 1.165) is 31.9 Å². The molecule has 2 heterocycles. The van der Waals surface area contributed by atoms with E-state index in [4.69, 9.17) is 10.5 Å². The second kappa shape index (κ2) is 11.9. The van der Waals surface area contributed by atoms with E-state index in [1.165, 1.54) is 12.1 Å². The van der Waals surface area contributed by atoms with Crippen molar-refractivity contribution >= 4 is 29.0 Å². The Morgan fingerprint density at radius 3 is 2.37 bits per heavy atom. The van der Waals surface area contributed by atoms with Gasteiger partial charge in [0.25, 0.3) is 0 Å². The molecule has 1 aliphatic rings. The fourth-order valence-electron chi connectivity index (χ4n) is 4.76. The van der Waals surface area contributed by atoms with Crippen molar-refractivity contribution in [2.45, 2.75) is 33.3 Å². The van der Waals surface area contributed by atoms with Crippen molar-refractivity contribution in [3.63, 3.8) is 0 Å². The van der Waals surface area contributed by atoms with Gasteiger partial charge in [0.1, 0.15) is 23.3 Å². The van der Waals surface area contributed by atoms with E-state index in [1.807, 2.05) is 24.3 Å². The Kier molecular flexibility index (Phi) is 8.59. The number of piperazine rings is 1. The lowest BCUT2D eigenvalue weighted by Gasteiger charge is -2.34. The average molecular weight is 558 g/mol. The predicted octanol–water partition coefficient (Wildman–Crippen LogP) is 5.55. The topological polar surface area (TPSA) is 120 Å². The van der Waals surface area contributed by atoms with E-state index >= 15 is 4.39 Å². The van der Waals surface area contributed by atoms with Crippen LogP contribution in [0, 0.1) is 17.1 Å². The van der Waals surface area contributed by atoms with Crippen molar-refractivity contribution in [3.8, 4) is 28.5 Å². The van der Waals surface area contributed by atoms with Crippen LogP contribution in [0.3, 0.4) is 0 Å². The van der Waals surface area contributed by atoms with Crippen LogP contribution in [0.5, 0.6) is 0 Å². The SMILES string of the molecule is CN=C(C)c1c(NC(=O)OC(C)(C)C)nc(-c2ccc(N)cc2F)c(C#N)c1-c1ccc(N2CCN(C)CC2)cc1. The largest absolute Gasteiger partial charge is 0.444 e. The number of carbonyl (C=O) groups is 1. The molecule has 4 rings (SSSR count). The molecular weight excluding hydrogens is 521 g/mol. The van der Waals surface area contributed by atoms with Crippen molar-refractivity contribution in [1.29, 1.82) is 5.26 Å². The Morgan fingerprint density at radius 1 is 1.15 bits per heavy atom. The van der Waals surface area contributed by atoms with Crippen molar-refractivity contribution in [2.24, 2.45) is 4.99 Å². The Labute approximate surface area is 240 Å². The summed E-state index contributed by atoms with van der Waals surface area (Å²) in [5.41, 5.74) is 8.78. The number of hydrogen-bond donors (Lipinski definition) is 2. The third-order valence-electron chi connectivity index (χ3n) is 6.90. The maximum Gasteiger partial charge on any atom is 0.413 e. The quantitative estimate of drug-likeness (QED) is 0.312. The number of amides is 1. The Bertz CT molecular complexity index is 1510. The highest BCUT2D eigenvalue weighted by molar-refractivity contribution is 6.12. The Balaban J connectivity index is 1.96. The summed E-state index contributed by atoms with van der Waals surface area (Å²) in [6.45, 7) is 10.8. The van der Waals surface area contributed by atoms with E-state index < -0.39 is 17.5 Å². The van der Waals surface area contributed by atoms with Crippen LogP contribution in [0.1, 0.15) is 38.8 Å². The van der Waals surface area contributed by atoms with Crippen LogP contribution in [-0.4, -0.2) is 67.6 Å². The molecule has 0 spiro atoms. The molecule has 0 bridgehead atoms. The molecule has 0 unspecified atom stereocenters. The first kappa shape index (κ1) is 29.5. The number of ether oxygens (including phenoxy) is 1. The summed E-state index contributed by atoms with van der Waals surface area (Å²) in [5, 5.41) is 13.2. The molecule has 41 heavy (non-hydrogen) atoms. The van der Waals surface area contributed by atoms with Crippen molar-refractivity contribution in [2.75, 3.05) is 56.2 Å². The number of pyridine rings is 1. The number of nitriles is 1. The fourth-order valence-corrected chi connectivity index (χ4v) is 4.76. The number of nitrogens with zero attached hydrogens (tertiary/aromatic N) is 5. The second-order valence-electron chi connectivity index (χ2n) is 11.1. The lowest BCUT2D eigenvalue weighted by Crippen LogP contribution is -2.44. The predicted molar refractivity (Wildman–Crippen MR) is 162 cm³/mol. The number of carbonyl (C=O) groups excluding carboxylic acids is 1. The van der Waals surface area contributed by atoms with Gasteiger partial charge in [-0.1, -0.05) is 12.1 Å². The molecule has 0 saturated carbocycles. The first-order valence-electron chi connectivity index (χ1n) is 13.4. The summed E-state index contributed by atoms with van der Waals surface area (Å²) in [6.07, 6.45) is -0.736.